The van der Waals surface area contributed by atoms with Crippen LogP contribution in [-0.2, 0) is 6.42 Å². The van der Waals surface area contributed by atoms with Gasteiger partial charge in [0, 0.05) is 12.0 Å². The molecule has 94 valence electrons. The number of nitrogens with one attached hydrogen (secondary N) is 1. The molecule has 1 heterocycles. The smallest absolute Gasteiger partial charge is 0.162 e. The van der Waals surface area contributed by atoms with E-state index >= 15 is 0 Å². The summed E-state index contributed by atoms with van der Waals surface area (Å²) in [6.07, 6.45) is 1.13. The zero-order valence-electron chi connectivity index (χ0n) is 9.93. The van der Waals surface area contributed by atoms with Gasteiger partial charge >= 0.3 is 0 Å². The zero-order chi connectivity index (χ0) is 13.0. The second-order valence-electron chi connectivity index (χ2n) is 5.05. The number of hydrogen-bond acceptors (Lipinski definition) is 4. The van der Waals surface area contributed by atoms with Gasteiger partial charge in [-0.1, -0.05) is 35.9 Å². The summed E-state index contributed by atoms with van der Waals surface area (Å²) in [4.78, 5) is 0. The van der Waals surface area contributed by atoms with Crippen molar-refractivity contribution in [1.82, 2.24) is 4.37 Å². The van der Waals surface area contributed by atoms with Gasteiger partial charge in [-0.15, -0.1) is 0 Å². The van der Waals surface area contributed by atoms with Crippen molar-refractivity contribution in [1.29, 1.82) is 5.26 Å². The molecule has 4 rings (SSSR count). The van der Waals surface area contributed by atoms with Crippen LogP contribution in [0.25, 0.3) is 0 Å². The molecule has 0 spiro atoms. The van der Waals surface area contributed by atoms with Gasteiger partial charge in [-0.2, -0.15) is 9.64 Å². The maximum atomic E-state index is 9.07. The van der Waals surface area contributed by atoms with Crippen molar-refractivity contribution in [3.8, 4) is 6.07 Å². The van der Waals surface area contributed by atoms with E-state index in [4.69, 9.17) is 16.9 Å². The van der Waals surface area contributed by atoms with E-state index < -0.39 is 0 Å². The van der Waals surface area contributed by atoms with Crippen LogP contribution in [0.2, 0.25) is 5.15 Å². The van der Waals surface area contributed by atoms with Crippen LogP contribution in [0, 0.1) is 17.2 Å². The van der Waals surface area contributed by atoms with E-state index in [1.807, 2.05) is 0 Å². The fourth-order valence-electron chi connectivity index (χ4n) is 3.17. The molecule has 1 saturated carbocycles. The molecule has 1 fully saturated rings. The summed E-state index contributed by atoms with van der Waals surface area (Å²) in [5.41, 5.74) is 3.41. The molecular weight excluding hydrogens is 278 g/mol. The quantitative estimate of drug-likeness (QED) is 0.921. The van der Waals surface area contributed by atoms with Gasteiger partial charge in [-0.3, -0.25) is 0 Å². The Morgan fingerprint density at radius 2 is 2.26 bits per heavy atom. The average molecular weight is 288 g/mol. The van der Waals surface area contributed by atoms with Crippen molar-refractivity contribution in [3.63, 3.8) is 0 Å². The van der Waals surface area contributed by atoms with Gasteiger partial charge in [-0.05, 0) is 35.0 Å². The van der Waals surface area contributed by atoms with Crippen molar-refractivity contribution >= 4 is 28.1 Å². The normalized spacial score (nSPS) is 26.4. The van der Waals surface area contributed by atoms with Gasteiger partial charge < -0.3 is 5.32 Å². The molecule has 0 saturated heterocycles. The molecular formula is C14H10ClN3S. The van der Waals surface area contributed by atoms with Crippen LogP contribution < -0.4 is 5.32 Å². The molecule has 19 heavy (non-hydrogen) atoms. The Bertz CT molecular complexity index is 703. The number of halogens is 1. The summed E-state index contributed by atoms with van der Waals surface area (Å²) in [5.74, 6) is 1.24. The van der Waals surface area contributed by atoms with E-state index in [0.717, 1.165) is 11.4 Å². The molecule has 3 atom stereocenters. The summed E-state index contributed by atoms with van der Waals surface area (Å²) < 4.78 is 4.03. The molecule has 3 nitrogen and oxygen atoms in total. The first kappa shape index (κ1) is 11.3. The molecule has 0 bridgehead atoms. The predicted molar refractivity (Wildman–Crippen MR) is 75.6 cm³/mol. The lowest BCUT2D eigenvalue weighted by Gasteiger charge is -2.08. The highest BCUT2D eigenvalue weighted by molar-refractivity contribution is 7.10. The largest absolute Gasteiger partial charge is 0.371 e. The van der Waals surface area contributed by atoms with Crippen molar-refractivity contribution in [2.75, 3.05) is 5.32 Å². The third-order valence-electron chi connectivity index (χ3n) is 4.10. The maximum Gasteiger partial charge on any atom is 0.162 e. The topological polar surface area (TPSA) is 48.7 Å². The minimum absolute atomic E-state index is 0.307. The van der Waals surface area contributed by atoms with E-state index in [1.54, 1.807) is 0 Å². The first-order chi connectivity index (χ1) is 9.29. The minimum Gasteiger partial charge on any atom is -0.371 e. The van der Waals surface area contributed by atoms with Crippen LogP contribution in [0.5, 0.6) is 0 Å². The number of fused-ring (bicyclic) bond motifs is 3. The lowest BCUT2D eigenvalue weighted by molar-refractivity contribution is 0.825. The molecule has 1 aromatic carbocycles. The van der Waals surface area contributed by atoms with E-state index in [1.165, 1.54) is 22.7 Å². The van der Waals surface area contributed by atoms with Crippen molar-refractivity contribution in [3.05, 3.63) is 46.1 Å². The highest BCUT2D eigenvalue weighted by Crippen LogP contribution is 2.57. The standard InChI is InChI=1S/C14H10ClN3S/c15-13-10(6-16)14(19-18-13)17-12-9-5-7-3-1-2-4-8(7)11(9)12/h1-4,9,11-12,17H,5H2. The van der Waals surface area contributed by atoms with Gasteiger partial charge in [-0.25, -0.2) is 0 Å². The van der Waals surface area contributed by atoms with Gasteiger partial charge in [0.1, 0.15) is 16.6 Å². The van der Waals surface area contributed by atoms with Crippen molar-refractivity contribution in [2.45, 2.75) is 18.4 Å². The third-order valence-corrected chi connectivity index (χ3v) is 5.25. The number of anilines is 1. The first-order valence-corrected chi connectivity index (χ1v) is 7.34. The maximum absolute atomic E-state index is 9.07. The predicted octanol–water partition coefficient (Wildman–Crippen LogP) is 3.42. The summed E-state index contributed by atoms with van der Waals surface area (Å²) in [6, 6.07) is 11.2. The SMILES string of the molecule is N#Cc1c(Cl)nsc1NC1C2Cc3ccccc3C21. The van der Waals surface area contributed by atoms with Gasteiger partial charge in [0.25, 0.3) is 0 Å². The lowest BCUT2D eigenvalue weighted by atomic mass is 10.1. The Morgan fingerprint density at radius 1 is 1.42 bits per heavy atom. The summed E-state index contributed by atoms with van der Waals surface area (Å²) in [5, 5.41) is 13.6. The fraction of sp³-hybridized carbons (Fsp3) is 0.286. The molecule has 3 unspecified atom stereocenters. The molecule has 5 heteroatoms. The van der Waals surface area contributed by atoms with Crippen LogP contribution in [0.15, 0.2) is 24.3 Å². The fourth-order valence-corrected chi connectivity index (χ4v) is 4.15. The van der Waals surface area contributed by atoms with Gasteiger partial charge in [0.2, 0.25) is 0 Å². The second kappa shape index (κ2) is 3.96. The van der Waals surface area contributed by atoms with Crippen LogP contribution in [0.1, 0.15) is 22.6 Å². The van der Waals surface area contributed by atoms with Crippen LogP contribution in [0.3, 0.4) is 0 Å². The van der Waals surface area contributed by atoms with Gasteiger partial charge in [0.15, 0.2) is 5.15 Å². The Labute approximate surface area is 120 Å². The molecule has 2 aromatic rings. The van der Waals surface area contributed by atoms with E-state index in [0.29, 0.717) is 28.6 Å². The molecule has 0 radical (unpaired) electrons. The monoisotopic (exact) mass is 287 g/mol. The highest BCUT2D eigenvalue weighted by atomic mass is 35.5. The Balaban J connectivity index is 1.58. The molecule has 2 aliphatic carbocycles. The van der Waals surface area contributed by atoms with Gasteiger partial charge in [0.05, 0.1) is 0 Å². The van der Waals surface area contributed by atoms with Crippen molar-refractivity contribution < 1.29 is 0 Å². The number of aromatic nitrogens is 1. The summed E-state index contributed by atoms with van der Waals surface area (Å²) in [6.45, 7) is 0. The number of nitriles is 1. The Morgan fingerprint density at radius 3 is 3.11 bits per heavy atom. The molecule has 0 amide bonds. The Kier molecular flexibility index (Phi) is 2.35. The van der Waals surface area contributed by atoms with E-state index in [2.05, 4.69) is 40.0 Å². The minimum atomic E-state index is 0.307. The summed E-state index contributed by atoms with van der Waals surface area (Å²) in [7, 11) is 0. The van der Waals surface area contributed by atoms with Crippen molar-refractivity contribution in [2.24, 2.45) is 5.92 Å². The van der Waals surface area contributed by atoms with Crippen LogP contribution >= 0.6 is 23.1 Å². The van der Waals surface area contributed by atoms with E-state index in [9.17, 15) is 0 Å². The zero-order valence-corrected chi connectivity index (χ0v) is 11.5. The number of nitrogens with zero attached hydrogens (tertiary/aromatic N) is 2. The second-order valence-corrected chi connectivity index (χ2v) is 6.18. The summed E-state index contributed by atoms with van der Waals surface area (Å²) >= 11 is 7.16. The lowest BCUT2D eigenvalue weighted by Crippen LogP contribution is -2.09. The third kappa shape index (κ3) is 1.59. The average Bonchev–Trinajstić information content (AvgIpc) is 2.80. The Hall–Kier alpha value is -1.57. The van der Waals surface area contributed by atoms with Crippen LogP contribution in [0.4, 0.5) is 5.00 Å². The molecule has 0 aliphatic heterocycles. The molecule has 2 aliphatic rings. The highest BCUT2D eigenvalue weighted by Gasteiger charge is 2.55. The number of hydrogen-bond donors (Lipinski definition) is 1. The number of rotatable bonds is 2. The number of benzene rings is 1. The molecule has 1 N–H and O–H groups in total. The van der Waals surface area contributed by atoms with E-state index in [-0.39, 0.29) is 0 Å². The molecule has 1 aromatic heterocycles. The van der Waals surface area contributed by atoms with Crippen LogP contribution in [-0.4, -0.2) is 10.4 Å². The first-order valence-electron chi connectivity index (χ1n) is 6.19.